The number of hydrogen-bond donors (Lipinski definition) is 1. The summed E-state index contributed by atoms with van der Waals surface area (Å²) >= 11 is 6.17. The smallest absolute Gasteiger partial charge is 0.372 e. The summed E-state index contributed by atoms with van der Waals surface area (Å²) < 4.78 is 66.5. The fraction of sp³-hybridized carbons (Fsp3) is 0.200. The number of hydrogen-bond acceptors (Lipinski definition) is 5. The molecule has 0 spiro atoms. The van der Waals surface area contributed by atoms with Gasteiger partial charge in [0.05, 0.1) is 22.2 Å². The normalized spacial score (nSPS) is 18.2. The Morgan fingerprint density at radius 2 is 1.69 bits per heavy atom. The maximum Gasteiger partial charge on any atom is 0.413 e. The van der Waals surface area contributed by atoms with E-state index in [1.54, 1.807) is 73.8 Å². The molecule has 0 saturated heterocycles. The minimum Gasteiger partial charge on any atom is -0.372 e. The number of benzene rings is 3. The first-order valence-electron chi connectivity index (χ1n) is 10.6. The van der Waals surface area contributed by atoms with Gasteiger partial charge in [0.2, 0.25) is 0 Å². The molecule has 0 bridgehead atoms. The number of likely N-dealkylation sites (N-methyl/N-ethyl adjacent to an activating group) is 1. The Morgan fingerprint density at radius 1 is 1.00 bits per heavy atom. The second kappa shape index (κ2) is 9.22. The fourth-order valence-electron chi connectivity index (χ4n) is 3.89. The van der Waals surface area contributed by atoms with Gasteiger partial charge in [-0.05, 0) is 53.6 Å². The van der Waals surface area contributed by atoms with Crippen molar-refractivity contribution < 1.29 is 21.6 Å². The second-order valence-corrected chi connectivity index (χ2v) is 10.8. The average molecular weight is 522 g/mol. The summed E-state index contributed by atoms with van der Waals surface area (Å²) in [5.74, 6) is 0. The highest BCUT2D eigenvalue weighted by molar-refractivity contribution is 7.90. The first-order valence-corrected chi connectivity index (χ1v) is 12.9. The van der Waals surface area contributed by atoms with Crippen LogP contribution in [-0.2, 0) is 9.84 Å². The molecular weight excluding hydrogens is 499 g/mol. The van der Waals surface area contributed by atoms with Crippen molar-refractivity contribution in [1.82, 2.24) is 5.43 Å². The van der Waals surface area contributed by atoms with Crippen LogP contribution in [0.1, 0.15) is 0 Å². The van der Waals surface area contributed by atoms with E-state index in [4.69, 9.17) is 11.6 Å². The van der Waals surface area contributed by atoms with E-state index in [0.29, 0.717) is 22.0 Å². The summed E-state index contributed by atoms with van der Waals surface area (Å²) in [4.78, 5) is 1.71. The molecular formula is C25H23ClF3N3O2S. The van der Waals surface area contributed by atoms with Gasteiger partial charge in [0, 0.05) is 25.2 Å². The van der Waals surface area contributed by atoms with Crippen molar-refractivity contribution in [3.63, 3.8) is 0 Å². The molecule has 3 aromatic carbocycles. The van der Waals surface area contributed by atoms with Gasteiger partial charge in [0.15, 0.2) is 15.4 Å². The van der Waals surface area contributed by atoms with Crippen LogP contribution in [-0.4, -0.2) is 40.0 Å². The largest absolute Gasteiger partial charge is 0.413 e. The van der Waals surface area contributed by atoms with E-state index in [9.17, 15) is 21.6 Å². The van der Waals surface area contributed by atoms with Crippen LogP contribution in [0.3, 0.4) is 0 Å². The van der Waals surface area contributed by atoms with Crippen LogP contribution in [0.25, 0.3) is 11.1 Å². The molecule has 0 aromatic heterocycles. The van der Waals surface area contributed by atoms with E-state index in [1.807, 2.05) is 0 Å². The maximum absolute atomic E-state index is 14.3. The van der Waals surface area contributed by atoms with Crippen LogP contribution < -0.4 is 15.3 Å². The second-order valence-electron chi connectivity index (χ2n) is 8.42. The monoisotopic (exact) mass is 521 g/mol. The zero-order valence-corrected chi connectivity index (χ0v) is 20.5. The van der Waals surface area contributed by atoms with Crippen LogP contribution in [0.5, 0.6) is 0 Å². The molecule has 0 aliphatic carbocycles. The van der Waals surface area contributed by atoms with Crippen molar-refractivity contribution in [3.8, 4) is 11.1 Å². The molecule has 1 N–H and O–H groups in total. The summed E-state index contributed by atoms with van der Waals surface area (Å²) in [6.45, 7) is -0.392. The van der Waals surface area contributed by atoms with Crippen molar-refractivity contribution in [3.05, 3.63) is 90.1 Å². The van der Waals surface area contributed by atoms with Crippen molar-refractivity contribution >= 4 is 32.8 Å². The summed E-state index contributed by atoms with van der Waals surface area (Å²) in [5, 5.41) is 1.60. The van der Waals surface area contributed by atoms with Crippen molar-refractivity contribution in [2.75, 3.05) is 29.8 Å². The molecule has 4 rings (SSSR count). The Bertz CT molecular complexity index is 1360. The molecule has 3 aromatic rings. The summed E-state index contributed by atoms with van der Waals surface area (Å²) in [6.07, 6.45) is -1.02. The Balaban J connectivity index is 1.56. The van der Waals surface area contributed by atoms with E-state index < -0.39 is 28.1 Å². The number of para-hydroxylation sites is 1. The maximum atomic E-state index is 14.3. The lowest BCUT2D eigenvalue weighted by molar-refractivity contribution is -0.176. The molecule has 1 aliphatic heterocycles. The van der Waals surface area contributed by atoms with Gasteiger partial charge in [0.1, 0.15) is 0 Å². The minimum atomic E-state index is -4.58. The number of nitrogens with one attached hydrogen (secondary N) is 1. The summed E-state index contributed by atoms with van der Waals surface area (Å²) in [6, 6.07) is 20.1. The van der Waals surface area contributed by atoms with Gasteiger partial charge in [-0.3, -0.25) is 5.01 Å². The highest BCUT2D eigenvalue weighted by Crippen LogP contribution is 2.39. The molecule has 1 unspecified atom stereocenters. The van der Waals surface area contributed by atoms with E-state index in [-0.39, 0.29) is 4.90 Å². The Kier molecular flexibility index (Phi) is 6.61. The number of anilines is 2. The molecule has 10 heteroatoms. The first-order chi connectivity index (χ1) is 16.4. The highest BCUT2D eigenvalue weighted by atomic mass is 35.5. The molecule has 1 atom stereocenters. The van der Waals surface area contributed by atoms with Crippen LogP contribution in [0.15, 0.2) is 90.0 Å². The topological polar surface area (TPSA) is 52.6 Å². The van der Waals surface area contributed by atoms with Gasteiger partial charge >= 0.3 is 6.18 Å². The number of rotatable bonds is 6. The Labute approximate surface area is 207 Å². The molecule has 5 nitrogen and oxygen atoms in total. The van der Waals surface area contributed by atoms with Gasteiger partial charge in [-0.1, -0.05) is 48.0 Å². The summed E-state index contributed by atoms with van der Waals surface area (Å²) in [7, 11) is -1.77. The van der Waals surface area contributed by atoms with Crippen molar-refractivity contribution in [2.45, 2.75) is 16.6 Å². The van der Waals surface area contributed by atoms with E-state index in [0.717, 1.165) is 17.9 Å². The number of nitrogens with zero attached hydrogens (tertiary/aromatic N) is 2. The van der Waals surface area contributed by atoms with Crippen molar-refractivity contribution in [1.29, 1.82) is 0 Å². The predicted octanol–water partition coefficient (Wildman–Crippen LogP) is 5.69. The van der Waals surface area contributed by atoms with E-state index in [2.05, 4.69) is 5.43 Å². The Hall–Kier alpha value is -3.01. The third-order valence-corrected chi connectivity index (χ3v) is 7.27. The van der Waals surface area contributed by atoms with E-state index >= 15 is 0 Å². The summed E-state index contributed by atoms with van der Waals surface area (Å²) in [5.41, 5.74) is 2.68. The molecule has 0 amide bonds. The quantitative estimate of drug-likeness (QED) is 0.452. The zero-order chi connectivity index (χ0) is 25.4. The third kappa shape index (κ3) is 5.17. The molecule has 0 saturated carbocycles. The molecule has 1 aliphatic rings. The number of alkyl halides is 3. The predicted molar refractivity (Wildman–Crippen MR) is 133 cm³/mol. The number of sulfone groups is 1. The fourth-order valence-corrected chi connectivity index (χ4v) is 4.79. The molecule has 0 fully saturated rings. The van der Waals surface area contributed by atoms with Gasteiger partial charge in [0.25, 0.3) is 0 Å². The van der Waals surface area contributed by atoms with Gasteiger partial charge < -0.3 is 4.90 Å². The van der Waals surface area contributed by atoms with Crippen molar-refractivity contribution in [2.24, 2.45) is 0 Å². The third-order valence-electron chi connectivity index (χ3n) is 5.84. The van der Waals surface area contributed by atoms with Crippen LogP contribution in [0, 0.1) is 0 Å². The van der Waals surface area contributed by atoms with Crippen LogP contribution in [0.4, 0.5) is 24.5 Å². The SMILES string of the molecule is CN(CC1(C(F)(F)F)C=CN(c2ccccc2Cl)N1)c1ccc(-c2cccc(S(C)(=O)=O)c2)cc1. The molecule has 1 heterocycles. The standard InChI is InChI=1S/C25H23ClF3N3O2S/c1-31(20-12-10-18(11-13-20)19-6-5-7-21(16-19)35(2,33)34)17-24(25(27,28)29)14-15-32(30-24)23-9-4-3-8-22(23)26/h3-16,30H,17H2,1-2H3. The number of hydrazine groups is 1. The lowest BCUT2D eigenvalue weighted by Gasteiger charge is -2.37. The van der Waals surface area contributed by atoms with Gasteiger partial charge in [-0.15, -0.1) is 0 Å². The number of halogens is 4. The lowest BCUT2D eigenvalue weighted by Crippen LogP contribution is -2.62. The minimum absolute atomic E-state index is 0.200. The highest BCUT2D eigenvalue weighted by Gasteiger charge is 2.57. The average Bonchev–Trinajstić information content (AvgIpc) is 3.24. The van der Waals surface area contributed by atoms with Crippen LogP contribution >= 0.6 is 11.6 Å². The molecule has 184 valence electrons. The van der Waals surface area contributed by atoms with Crippen LogP contribution in [0.2, 0.25) is 5.02 Å². The van der Waals surface area contributed by atoms with E-state index in [1.165, 1.54) is 22.2 Å². The van der Waals surface area contributed by atoms with Gasteiger partial charge in [-0.25, -0.2) is 13.8 Å². The lowest BCUT2D eigenvalue weighted by atomic mass is 9.99. The molecule has 35 heavy (non-hydrogen) atoms. The molecule has 0 radical (unpaired) electrons. The first kappa shape index (κ1) is 25.1. The van der Waals surface area contributed by atoms with Gasteiger partial charge in [-0.2, -0.15) is 13.2 Å². The Morgan fingerprint density at radius 3 is 2.31 bits per heavy atom. The zero-order valence-electron chi connectivity index (χ0n) is 18.9.